The van der Waals surface area contributed by atoms with E-state index in [1.54, 1.807) is 40.1 Å². The first-order valence-electron chi connectivity index (χ1n) is 10.8. The van der Waals surface area contributed by atoms with Crippen molar-refractivity contribution in [2.45, 2.75) is 6.18 Å². The lowest BCUT2D eigenvalue weighted by molar-refractivity contribution is -0.137. The summed E-state index contributed by atoms with van der Waals surface area (Å²) in [4.78, 5) is 17.0. The number of carbonyl (C=O) groups excluding carboxylic acids is 1. The molecule has 2 aromatic heterocycles. The summed E-state index contributed by atoms with van der Waals surface area (Å²) in [5, 5.41) is 4.59. The summed E-state index contributed by atoms with van der Waals surface area (Å²) in [6, 6.07) is 19.9. The average molecular weight is 466 g/mol. The minimum absolute atomic E-state index is 0.196. The largest absolute Gasteiger partial charge is 0.463 e. The molecular formula is C25H21F3N4O2. The number of hydrogen-bond acceptors (Lipinski definition) is 4. The molecule has 1 amide bonds. The van der Waals surface area contributed by atoms with Crippen LogP contribution in [0.15, 0.2) is 83.5 Å². The van der Waals surface area contributed by atoms with E-state index in [1.807, 2.05) is 35.2 Å². The second-order valence-corrected chi connectivity index (χ2v) is 7.97. The first-order chi connectivity index (χ1) is 16.4. The Labute approximate surface area is 193 Å². The van der Waals surface area contributed by atoms with Gasteiger partial charge in [-0.3, -0.25) is 4.79 Å². The molecule has 0 bridgehead atoms. The molecule has 6 nitrogen and oxygen atoms in total. The van der Waals surface area contributed by atoms with Crippen molar-refractivity contribution in [1.82, 2.24) is 14.7 Å². The van der Waals surface area contributed by atoms with Crippen LogP contribution in [0.4, 0.5) is 18.9 Å². The lowest BCUT2D eigenvalue weighted by atomic mass is 10.1. The van der Waals surface area contributed by atoms with E-state index in [0.29, 0.717) is 49.0 Å². The predicted molar refractivity (Wildman–Crippen MR) is 121 cm³/mol. The topological polar surface area (TPSA) is 54.5 Å². The van der Waals surface area contributed by atoms with Crippen LogP contribution in [0.25, 0.3) is 17.1 Å². The third kappa shape index (κ3) is 4.28. The number of hydrogen-bond donors (Lipinski definition) is 0. The predicted octanol–water partition coefficient (Wildman–Crippen LogP) is 5.11. The summed E-state index contributed by atoms with van der Waals surface area (Å²) in [7, 11) is 0. The monoisotopic (exact) mass is 466 g/mol. The Kier molecular flexibility index (Phi) is 5.61. The summed E-state index contributed by atoms with van der Waals surface area (Å²) < 4.78 is 46.3. The third-order valence-corrected chi connectivity index (χ3v) is 5.81. The van der Waals surface area contributed by atoms with Crippen molar-refractivity contribution in [2.75, 3.05) is 31.1 Å². The molecule has 0 aliphatic carbocycles. The molecule has 1 saturated heterocycles. The first kappa shape index (κ1) is 21.8. The molecule has 174 valence electrons. The number of piperazine rings is 1. The molecule has 0 spiro atoms. The van der Waals surface area contributed by atoms with Crippen molar-refractivity contribution in [3.8, 4) is 17.1 Å². The van der Waals surface area contributed by atoms with Gasteiger partial charge in [0.2, 0.25) is 0 Å². The number of amides is 1. The van der Waals surface area contributed by atoms with Gasteiger partial charge >= 0.3 is 6.18 Å². The molecule has 9 heteroatoms. The Balaban J connectivity index is 1.37. The highest BCUT2D eigenvalue weighted by atomic mass is 19.4. The van der Waals surface area contributed by atoms with Crippen molar-refractivity contribution in [2.24, 2.45) is 0 Å². The average Bonchev–Trinajstić information content (AvgIpc) is 3.54. The molecule has 4 aromatic rings. The number of carbonyl (C=O) groups is 1. The Morgan fingerprint density at radius 2 is 1.59 bits per heavy atom. The van der Waals surface area contributed by atoms with Crippen LogP contribution in [0.5, 0.6) is 0 Å². The summed E-state index contributed by atoms with van der Waals surface area (Å²) in [5.74, 6) is 0.357. The maximum atomic E-state index is 13.5. The molecule has 1 aliphatic rings. The van der Waals surface area contributed by atoms with Gasteiger partial charge in [0, 0.05) is 37.9 Å². The number of aromatic nitrogens is 2. The minimum atomic E-state index is -4.39. The summed E-state index contributed by atoms with van der Waals surface area (Å²) >= 11 is 0. The number of rotatable bonds is 4. The molecule has 0 radical (unpaired) electrons. The van der Waals surface area contributed by atoms with E-state index in [4.69, 9.17) is 4.42 Å². The molecule has 0 unspecified atom stereocenters. The first-order valence-corrected chi connectivity index (χ1v) is 10.8. The molecule has 3 heterocycles. The Morgan fingerprint density at radius 3 is 2.26 bits per heavy atom. The highest BCUT2D eigenvalue weighted by Crippen LogP contribution is 2.32. The lowest BCUT2D eigenvalue weighted by Gasteiger charge is -2.36. The number of benzene rings is 2. The normalized spacial score (nSPS) is 14.4. The van der Waals surface area contributed by atoms with E-state index in [9.17, 15) is 18.0 Å². The van der Waals surface area contributed by atoms with Crippen molar-refractivity contribution in [1.29, 1.82) is 0 Å². The van der Waals surface area contributed by atoms with E-state index in [0.717, 1.165) is 17.8 Å². The van der Waals surface area contributed by atoms with Crippen LogP contribution in [0, 0.1) is 0 Å². The van der Waals surface area contributed by atoms with E-state index < -0.39 is 11.7 Å². The maximum absolute atomic E-state index is 13.5. The van der Waals surface area contributed by atoms with Crippen molar-refractivity contribution in [3.63, 3.8) is 0 Å². The number of furan rings is 1. The van der Waals surface area contributed by atoms with E-state index in [1.165, 1.54) is 6.07 Å². The highest BCUT2D eigenvalue weighted by Gasteiger charge is 2.32. The molecule has 0 N–H and O–H groups in total. The number of halogens is 3. The van der Waals surface area contributed by atoms with E-state index in [2.05, 4.69) is 5.10 Å². The van der Waals surface area contributed by atoms with Crippen LogP contribution < -0.4 is 4.90 Å². The van der Waals surface area contributed by atoms with Crippen molar-refractivity contribution in [3.05, 3.63) is 90.3 Å². The summed E-state index contributed by atoms with van der Waals surface area (Å²) in [5.41, 5.74) is 1.49. The van der Waals surface area contributed by atoms with Gasteiger partial charge in [-0.25, -0.2) is 4.68 Å². The van der Waals surface area contributed by atoms with Gasteiger partial charge in [0.25, 0.3) is 5.91 Å². The molecule has 5 rings (SSSR count). The van der Waals surface area contributed by atoms with Gasteiger partial charge in [-0.2, -0.15) is 18.3 Å². The zero-order valence-corrected chi connectivity index (χ0v) is 18.1. The molecular weight excluding hydrogens is 445 g/mol. The minimum Gasteiger partial charge on any atom is -0.463 e. The van der Waals surface area contributed by atoms with Gasteiger partial charge in [0.05, 0.1) is 17.5 Å². The number of nitrogens with zero attached hydrogens (tertiary/aromatic N) is 4. The maximum Gasteiger partial charge on any atom is 0.416 e. The van der Waals surface area contributed by atoms with Gasteiger partial charge in [-0.1, -0.05) is 24.3 Å². The Bertz CT molecular complexity index is 1280. The van der Waals surface area contributed by atoms with Gasteiger partial charge in [-0.15, -0.1) is 0 Å². The van der Waals surface area contributed by atoms with Crippen LogP contribution >= 0.6 is 0 Å². The SMILES string of the molecule is O=C(c1cc(-c2ccco2)nn1-c1ccccc1)N1CCN(c2cccc(C(F)(F)F)c2)CC1. The second-order valence-electron chi connectivity index (χ2n) is 7.97. The fourth-order valence-corrected chi connectivity index (χ4v) is 4.05. The Hall–Kier alpha value is -4.01. The quantitative estimate of drug-likeness (QED) is 0.419. The fraction of sp³-hybridized carbons (Fsp3) is 0.200. The molecule has 1 fully saturated rings. The van der Waals surface area contributed by atoms with Crippen LogP contribution in [-0.4, -0.2) is 46.8 Å². The number of anilines is 1. The molecule has 1 aliphatic heterocycles. The second kappa shape index (κ2) is 8.74. The molecule has 34 heavy (non-hydrogen) atoms. The molecule has 0 atom stereocenters. The van der Waals surface area contributed by atoms with Gasteiger partial charge in [0.15, 0.2) is 5.76 Å². The number of alkyl halides is 3. The van der Waals surface area contributed by atoms with Gasteiger partial charge in [0.1, 0.15) is 11.4 Å². The summed E-state index contributed by atoms with van der Waals surface area (Å²) in [6.45, 7) is 1.62. The van der Waals surface area contributed by atoms with Gasteiger partial charge in [-0.05, 0) is 42.5 Å². The van der Waals surface area contributed by atoms with Crippen LogP contribution in [0.2, 0.25) is 0 Å². The number of para-hydroxylation sites is 1. The highest BCUT2D eigenvalue weighted by molar-refractivity contribution is 5.94. The van der Waals surface area contributed by atoms with Gasteiger partial charge < -0.3 is 14.2 Å². The molecule has 0 saturated carbocycles. The lowest BCUT2D eigenvalue weighted by Crippen LogP contribution is -2.49. The standard InChI is InChI=1S/C25H21F3N4O2/c26-25(27,28)18-6-4-9-20(16-18)30-11-13-31(14-12-30)24(33)22-17-21(23-10-5-15-34-23)29-32(22)19-7-2-1-3-8-19/h1-10,15-17H,11-14H2. The van der Waals surface area contributed by atoms with Crippen molar-refractivity contribution < 1.29 is 22.4 Å². The third-order valence-electron chi connectivity index (χ3n) is 5.81. The van der Waals surface area contributed by atoms with E-state index in [-0.39, 0.29) is 5.91 Å². The van der Waals surface area contributed by atoms with E-state index >= 15 is 0 Å². The van der Waals surface area contributed by atoms with Crippen LogP contribution in [0.1, 0.15) is 16.1 Å². The zero-order chi connectivity index (χ0) is 23.7. The fourth-order valence-electron chi connectivity index (χ4n) is 4.05. The van der Waals surface area contributed by atoms with Crippen molar-refractivity contribution >= 4 is 11.6 Å². The Morgan fingerprint density at radius 1 is 0.853 bits per heavy atom. The molecule has 2 aromatic carbocycles. The summed E-state index contributed by atoms with van der Waals surface area (Å²) in [6.07, 6.45) is -2.85. The zero-order valence-electron chi connectivity index (χ0n) is 18.1. The van der Waals surface area contributed by atoms with Crippen LogP contribution in [0.3, 0.4) is 0 Å². The smallest absolute Gasteiger partial charge is 0.416 e. The van der Waals surface area contributed by atoms with Crippen LogP contribution in [-0.2, 0) is 6.18 Å².